The lowest BCUT2D eigenvalue weighted by Crippen LogP contribution is -2.58. The van der Waals surface area contributed by atoms with Crippen LogP contribution >= 0.6 is 12.6 Å². The van der Waals surface area contributed by atoms with Crippen molar-refractivity contribution in [3.8, 4) is 0 Å². The largest absolute Gasteiger partial charge is 0.481 e. The van der Waals surface area contributed by atoms with Gasteiger partial charge in [0.05, 0.1) is 19.0 Å². The SMILES string of the molecule is NC(Cc1cnc[nH]1)C(=O)NC(CCC(=O)O)C(=O)NC(CS)C(=O)NC(CO)C(=O)O. The highest BCUT2D eigenvalue weighted by atomic mass is 32.1. The van der Waals surface area contributed by atoms with Gasteiger partial charge in [-0.1, -0.05) is 0 Å². The fourth-order valence-electron chi connectivity index (χ4n) is 2.47. The number of aliphatic hydroxyl groups is 1. The van der Waals surface area contributed by atoms with Gasteiger partial charge in [0.15, 0.2) is 0 Å². The second kappa shape index (κ2) is 13.3. The van der Waals surface area contributed by atoms with Gasteiger partial charge in [0.25, 0.3) is 0 Å². The van der Waals surface area contributed by atoms with Crippen LogP contribution in [0.25, 0.3) is 0 Å². The quantitative estimate of drug-likeness (QED) is 0.121. The Morgan fingerprint density at radius 1 is 1.03 bits per heavy atom. The van der Waals surface area contributed by atoms with Crippen LogP contribution in [0.2, 0.25) is 0 Å². The van der Waals surface area contributed by atoms with Crippen LogP contribution in [-0.4, -0.2) is 91.5 Å². The van der Waals surface area contributed by atoms with Gasteiger partial charge >= 0.3 is 11.9 Å². The molecule has 1 aromatic heterocycles. The summed E-state index contributed by atoms with van der Waals surface area (Å²) in [4.78, 5) is 65.7. The third-order valence-corrected chi connectivity index (χ3v) is 4.59. The van der Waals surface area contributed by atoms with E-state index in [1.807, 2.05) is 5.32 Å². The van der Waals surface area contributed by atoms with E-state index in [9.17, 15) is 24.0 Å². The van der Waals surface area contributed by atoms with Crippen LogP contribution in [0.15, 0.2) is 12.5 Å². The van der Waals surface area contributed by atoms with Crippen LogP contribution < -0.4 is 21.7 Å². The number of aliphatic hydroxyl groups excluding tert-OH is 1. The molecule has 14 nitrogen and oxygen atoms in total. The summed E-state index contributed by atoms with van der Waals surface area (Å²) in [6, 6.07) is -5.32. The fourth-order valence-corrected chi connectivity index (χ4v) is 2.72. The van der Waals surface area contributed by atoms with Crippen molar-refractivity contribution in [2.45, 2.75) is 43.4 Å². The lowest BCUT2D eigenvalue weighted by Gasteiger charge is -2.24. The number of carbonyl (C=O) groups is 5. The maximum Gasteiger partial charge on any atom is 0.328 e. The van der Waals surface area contributed by atoms with E-state index in [0.29, 0.717) is 5.69 Å². The van der Waals surface area contributed by atoms with Crippen LogP contribution in [-0.2, 0) is 30.4 Å². The molecule has 32 heavy (non-hydrogen) atoms. The van der Waals surface area contributed by atoms with Crippen molar-refractivity contribution in [1.82, 2.24) is 25.9 Å². The molecule has 0 fully saturated rings. The Morgan fingerprint density at radius 2 is 1.62 bits per heavy atom. The maximum atomic E-state index is 12.6. The number of nitrogens with zero attached hydrogens (tertiary/aromatic N) is 1. The smallest absolute Gasteiger partial charge is 0.328 e. The topological polar surface area (TPSA) is 237 Å². The molecule has 3 amide bonds. The van der Waals surface area contributed by atoms with Gasteiger partial charge in [0.1, 0.15) is 18.1 Å². The van der Waals surface area contributed by atoms with Crippen molar-refractivity contribution in [3.05, 3.63) is 18.2 Å². The first-order valence-electron chi connectivity index (χ1n) is 9.39. The first-order chi connectivity index (χ1) is 15.1. The van der Waals surface area contributed by atoms with Gasteiger partial charge in [-0.2, -0.15) is 12.6 Å². The summed E-state index contributed by atoms with van der Waals surface area (Å²) in [6.07, 6.45) is 2.20. The molecule has 0 aliphatic heterocycles. The van der Waals surface area contributed by atoms with Crippen molar-refractivity contribution in [2.24, 2.45) is 5.73 Å². The zero-order valence-corrected chi connectivity index (χ0v) is 17.7. The molecule has 0 saturated carbocycles. The first kappa shape index (κ1) is 26.9. The highest BCUT2D eigenvalue weighted by Gasteiger charge is 2.30. The Labute approximate surface area is 187 Å². The Kier molecular flexibility index (Phi) is 11.2. The van der Waals surface area contributed by atoms with E-state index in [4.69, 9.17) is 21.1 Å². The average Bonchev–Trinajstić information content (AvgIpc) is 3.25. The van der Waals surface area contributed by atoms with E-state index in [1.165, 1.54) is 12.5 Å². The monoisotopic (exact) mass is 474 g/mol. The minimum absolute atomic E-state index is 0.0819. The minimum atomic E-state index is -1.59. The van der Waals surface area contributed by atoms with E-state index < -0.39 is 66.9 Å². The van der Waals surface area contributed by atoms with Gasteiger partial charge in [-0.15, -0.1) is 0 Å². The lowest BCUT2D eigenvalue weighted by molar-refractivity contribution is -0.143. The molecule has 0 saturated heterocycles. The molecule has 4 unspecified atom stereocenters. The molecule has 178 valence electrons. The van der Waals surface area contributed by atoms with E-state index in [1.54, 1.807) is 0 Å². The van der Waals surface area contributed by atoms with Crippen molar-refractivity contribution in [2.75, 3.05) is 12.4 Å². The summed E-state index contributed by atoms with van der Waals surface area (Å²) >= 11 is 3.94. The number of thiol groups is 1. The zero-order chi connectivity index (χ0) is 24.3. The van der Waals surface area contributed by atoms with Crippen LogP contribution in [0.5, 0.6) is 0 Å². The number of carboxylic acids is 2. The van der Waals surface area contributed by atoms with Gasteiger partial charge in [0.2, 0.25) is 17.7 Å². The first-order valence-corrected chi connectivity index (χ1v) is 10.0. The molecule has 0 spiro atoms. The molecule has 9 N–H and O–H groups in total. The third kappa shape index (κ3) is 8.91. The standard InChI is InChI=1S/C17H26N6O8S/c18-9(3-8-4-19-7-20-8)14(27)21-10(1-2-13(25)26)15(28)23-12(6-32)16(29)22-11(5-24)17(30)31/h4,7,9-12,24,32H,1-3,5-6,18H2,(H,19,20)(H,21,27)(H,22,29)(H,23,28)(H,25,26)(H,30,31). The molecule has 1 rings (SSSR count). The number of nitrogens with two attached hydrogens (primary N) is 1. The molecule has 0 bridgehead atoms. The summed E-state index contributed by atoms with van der Waals surface area (Å²) in [7, 11) is 0. The van der Waals surface area contributed by atoms with Gasteiger partial charge in [-0.25, -0.2) is 9.78 Å². The third-order valence-electron chi connectivity index (χ3n) is 4.22. The Hall–Kier alpha value is -3.17. The number of carbonyl (C=O) groups excluding carboxylic acids is 3. The molecule has 0 aliphatic carbocycles. The second-order valence-corrected chi connectivity index (χ2v) is 7.07. The van der Waals surface area contributed by atoms with E-state index in [2.05, 4.69) is 33.2 Å². The number of carboxylic acid groups (broad SMARTS) is 2. The van der Waals surface area contributed by atoms with Gasteiger partial charge in [0, 0.05) is 30.5 Å². The van der Waals surface area contributed by atoms with Crippen molar-refractivity contribution >= 4 is 42.3 Å². The highest BCUT2D eigenvalue weighted by molar-refractivity contribution is 7.80. The predicted octanol–water partition coefficient (Wildman–Crippen LogP) is -3.39. The number of aliphatic carboxylic acids is 2. The van der Waals surface area contributed by atoms with Crippen LogP contribution in [0.1, 0.15) is 18.5 Å². The molecular formula is C17H26N6O8S. The highest BCUT2D eigenvalue weighted by Crippen LogP contribution is 2.03. The number of hydrogen-bond donors (Lipinski definition) is 9. The molecule has 0 aliphatic rings. The number of amides is 3. The van der Waals surface area contributed by atoms with E-state index in [0.717, 1.165) is 0 Å². The summed E-state index contributed by atoms with van der Waals surface area (Å²) in [5.74, 6) is -5.50. The van der Waals surface area contributed by atoms with Gasteiger partial charge in [-0.3, -0.25) is 19.2 Å². The number of nitrogens with one attached hydrogen (secondary N) is 4. The maximum absolute atomic E-state index is 12.6. The average molecular weight is 474 g/mol. The van der Waals surface area contributed by atoms with Crippen molar-refractivity contribution < 1.29 is 39.3 Å². The molecule has 1 aromatic rings. The van der Waals surface area contributed by atoms with Gasteiger partial charge < -0.3 is 42.0 Å². The van der Waals surface area contributed by atoms with Crippen LogP contribution in [0.4, 0.5) is 0 Å². The summed E-state index contributed by atoms with van der Waals surface area (Å²) in [5, 5.41) is 33.5. The normalized spacial score (nSPS) is 14.5. The van der Waals surface area contributed by atoms with Crippen molar-refractivity contribution in [3.63, 3.8) is 0 Å². The number of H-pyrrole nitrogens is 1. The van der Waals surface area contributed by atoms with E-state index in [-0.39, 0.29) is 18.6 Å². The summed E-state index contributed by atoms with van der Waals surface area (Å²) in [5.41, 5.74) is 6.40. The number of aromatic amines is 1. The van der Waals surface area contributed by atoms with Crippen molar-refractivity contribution in [1.29, 1.82) is 0 Å². The Balaban J connectivity index is 2.83. The summed E-state index contributed by atoms with van der Waals surface area (Å²) in [6.45, 7) is -0.875. The van der Waals surface area contributed by atoms with E-state index >= 15 is 0 Å². The molecule has 0 aromatic carbocycles. The summed E-state index contributed by atoms with van der Waals surface area (Å²) < 4.78 is 0. The molecular weight excluding hydrogens is 448 g/mol. The predicted molar refractivity (Wildman–Crippen MR) is 112 cm³/mol. The number of aromatic nitrogens is 2. The second-order valence-electron chi connectivity index (χ2n) is 6.71. The zero-order valence-electron chi connectivity index (χ0n) is 16.9. The molecule has 0 radical (unpaired) electrons. The molecule has 4 atom stereocenters. The number of imidazole rings is 1. The molecule has 15 heteroatoms. The van der Waals surface area contributed by atoms with Crippen LogP contribution in [0, 0.1) is 0 Å². The Bertz CT molecular complexity index is 805. The van der Waals surface area contributed by atoms with Gasteiger partial charge in [-0.05, 0) is 6.42 Å². The number of hydrogen-bond acceptors (Lipinski definition) is 9. The lowest BCUT2D eigenvalue weighted by atomic mass is 10.1. The fraction of sp³-hybridized carbons (Fsp3) is 0.529. The Morgan fingerprint density at radius 3 is 2.12 bits per heavy atom. The number of rotatable bonds is 14. The molecule has 1 heterocycles. The van der Waals surface area contributed by atoms with Crippen LogP contribution in [0.3, 0.4) is 0 Å². The minimum Gasteiger partial charge on any atom is -0.481 e.